The Bertz CT molecular complexity index is 223. The summed E-state index contributed by atoms with van der Waals surface area (Å²) in [4.78, 5) is 2.62. The molecule has 2 nitrogen and oxygen atoms in total. The molecule has 0 aromatic rings. The van der Waals surface area contributed by atoms with E-state index < -0.39 is 0 Å². The summed E-state index contributed by atoms with van der Waals surface area (Å²) in [7, 11) is 0. The first-order valence-electron chi connectivity index (χ1n) is 8.20. The summed E-state index contributed by atoms with van der Waals surface area (Å²) >= 11 is 0. The van der Waals surface area contributed by atoms with Gasteiger partial charge in [0.1, 0.15) is 0 Å². The smallest absolute Gasteiger partial charge is 0.0580 e. The summed E-state index contributed by atoms with van der Waals surface area (Å²) in [6, 6.07) is 0. The number of rotatable bonds is 4. The van der Waals surface area contributed by atoms with Gasteiger partial charge in [-0.15, -0.1) is 0 Å². The van der Waals surface area contributed by atoms with Gasteiger partial charge in [0.25, 0.3) is 0 Å². The van der Waals surface area contributed by atoms with Crippen molar-refractivity contribution in [2.24, 2.45) is 11.8 Å². The molecule has 1 saturated heterocycles. The summed E-state index contributed by atoms with van der Waals surface area (Å²) in [5.41, 5.74) is 0. The second-order valence-corrected chi connectivity index (χ2v) is 6.50. The highest BCUT2D eigenvalue weighted by Gasteiger charge is 2.26. The molecule has 1 heterocycles. The summed E-state index contributed by atoms with van der Waals surface area (Å²) in [5.74, 6) is 1.53. The molecule has 2 rings (SSSR count). The molecule has 1 N–H and O–H groups in total. The first kappa shape index (κ1) is 14.3. The van der Waals surface area contributed by atoms with E-state index in [4.69, 9.17) is 0 Å². The van der Waals surface area contributed by atoms with Gasteiger partial charge in [-0.2, -0.15) is 0 Å². The third-order valence-electron chi connectivity index (χ3n) is 5.02. The Morgan fingerprint density at radius 1 is 1.00 bits per heavy atom. The van der Waals surface area contributed by atoms with Crippen LogP contribution < -0.4 is 0 Å². The van der Waals surface area contributed by atoms with Crippen molar-refractivity contribution in [1.82, 2.24) is 4.90 Å². The van der Waals surface area contributed by atoms with Crippen molar-refractivity contribution in [3.8, 4) is 0 Å². The van der Waals surface area contributed by atoms with E-state index >= 15 is 0 Å². The number of nitrogens with zero attached hydrogens (tertiary/aromatic N) is 1. The van der Waals surface area contributed by atoms with E-state index in [1.165, 1.54) is 64.5 Å². The van der Waals surface area contributed by atoms with Gasteiger partial charge in [-0.1, -0.05) is 39.0 Å². The molecular weight excluding hydrogens is 222 g/mol. The molecule has 0 spiro atoms. The van der Waals surface area contributed by atoms with Crippen molar-refractivity contribution in [2.75, 3.05) is 19.6 Å². The van der Waals surface area contributed by atoms with Crippen molar-refractivity contribution < 1.29 is 5.11 Å². The highest BCUT2D eigenvalue weighted by Crippen LogP contribution is 2.27. The topological polar surface area (TPSA) is 23.5 Å². The fourth-order valence-electron chi connectivity index (χ4n) is 3.78. The van der Waals surface area contributed by atoms with Crippen molar-refractivity contribution in [3.63, 3.8) is 0 Å². The second kappa shape index (κ2) is 7.49. The first-order chi connectivity index (χ1) is 8.79. The van der Waals surface area contributed by atoms with E-state index in [0.29, 0.717) is 5.92 Å². The molecular formula is C16H31NO. The Labute approximate surface area is 113 Å². The molecule has 2 atom stereocenters. The lowest BCUT2D eigenvalue weighted by atomic mass is 9.90. The number of likely N-dealkylation sites (tertiary alicyclic amines) is 1. The minimum Gasteiger partial charge on any atom is -0.393 e. The Kier molecular flexibility index (Phi) is 5.97. The van der Waals surface area contributed by atoms with Crippen LogP contribution in [0.4, 0.5) is 0 Å². The SMILES string of the molecule is CCCC1CCN(CC2CCCCCC2O)CC1. The first-order valence-corrected chi connectivity index (χ1v) is 8.20. The molecule has 0 radical (unpaired) electrons. The Hall–Kier alpha value is -0.0800. The van der Waals surface area contributed by atoms with Crippen molar-refractivity contribution in [2.45, 2.75) is 70.8 Å². The lowest BCUT2D eigenvalue weighted by molar-refractivity contribution is 0.0617. The van der Waals surface area contributed by atoms with E-state index in [2.05, 4.69) is 11.8 Å². The van der Waals surface area contributed by atoms with E-state index in [9.17, 15) is 5.11 Å². The molecule has 0 bridgehead atoms. The van der Waals surface area contributed by atoms with E-state index in [-0.39, 0.29) is 6.10 Å². The highest BCUT2D eigenvalue weighted by molar-refractivity contribution is 4.79. The molecule has 18 heavy (non-hydrogen) atoms. The fraction of sp³-hybridized carbons (Fsp3) is 1.00. The summed E-state index contributed by atoms with van der Waals surface area (Å²) in [6.45, 7) is 6.00. The van der Waals surface area contributed by atoms with Crippen LogP contribution in [0.3, 0.4) is 0 Å². The van der Waals surface area contributed by atoms with Gasteiger partial charge in [-0.3, -0.25) is 0 Å². The van der Waals surface area contributed by atoms with E-state index in [1.807, 2.05) is 0 Å². The average Bonchev–Trinajstić information content (AvgIpc) is 2.58. The summed E-state index contributed by atoms with van der Waals surface area (Å²) in [6.07, 6.45) is 11.7. The maximum atomic E-state index is 10.2. The molecule has 0 amide bonds. The molecule has 2 aliphatic rings. The average molecular weight is 253 g/mol. The number of aliphatic hydroxyl groups is 1. The number of hydrogen-bond acceptors (Lipinski definition) is 2. The van der Waals surface area contributed by atoms with Crippen LogP contribution in [0.15, 0.2) is 0 Å². The molecule has 2 heteroatoms. The molecule has 2 fully saturated rings. The zero-order valence-corrected chi connectivity index (χ0v) is 12.1. The maximum absolute atomic E-state index is 10.2. The van der Waals surface area contributed by atoms with Crippen LogP contribution in [0.25, 0.3) is 0 Å². The minimum atomic E-state index is -0.0270. The third-order valence-corrected chi connectivity index (χ3v) is 5.02. The van der Waals surface area contributed by atoms with Gasteiger partial charge in [-0.25, -0.2) is 0 Å². The van der Waals surface area contributed by atoms with Crippen molar-refractivity contribution in [1.29, 1.82) is 0 Å². The van der Waals surface area contributed by atoms with Crippen molar-refractivity contribution in [3.05, 3.63) is 0 Å². The van der Waals surface area contributed by atoms with Crippen LogP contribution in [0.5, 0.6) is 0 Å². The molecule has 0 aromatic carbocycles. The normalized spacial score (nSPS) is 32.3. The standard InChI is InChI=1S/C16H31NO/c1-2-6-14-9-11-17(12-10-14)13-15-7-4-3-5-8-16(15)18/h14-16,18H,2-13H2,1H3. The summed E-state index contributed by atoms with van der Waals surface area (Å²) < 4.78 is 0. The Balaban J connectivity index is 1.73. The molecule has 1 saturated carbocycles. The zero-order valence-electron chi connectivity index (χ0n) is 12.1. The van der Waals surface area contributed by atoms with Gasteiger partial charge in [0.15, 0.2) is 0 Å². The lowest BCUT2D eigenvalue weighted by Crippen LogP contribution is -2.39. The molecule has 2 unspecified atom stereocenters. The van der Waals surface area contributed by atoms with Gasteiger partial charge in [0, 0.05) is 6.54 Å². The van der Waals surface area contributed by atoms with Crippen LogP contribution >= 0.6 is 0 Å². The monoisotopic (exact) mass is 253 g/mol. The lowest BCUT2D eigenvalue weighted by Gasteiger charge is -2.35. The largest absolute Gasteiger partial charge is 0.393 e. The third kappa shape index (κ3) is 4.24. The van der Waals surface area contributed by atoms with Gasteiger partial charge in [-0.05, 0) is 50.6 Å². The molecule has 0 aromatic heterocycles. The van der Waals surface area contributed by atoms with Gasteiger partial charge >= 0.3 is 0 Å². The fourth-order valence-corrected chi connectivity index (χ4v) is 3.78. The number of hydrogen-bond donors (Lipinski definition) is 1. The molecule has 106 valence electrons. The van der Waals surface area contributed by atoms with Crippen LogP contribution in [-0.4, -0.2) is 35.7 Å². The second-order valence-electron chi connectivity index (χ2n) is 6.50. The Morgan fingerprint density at radius 3 is 2.44 bits per heavy atom. The zero-order chi connectivity index (χ0) is 12.8. The summed E-state index contributed by atoms with van der Waals surface area (Å²) in [5, 5.41) is 10.2. The quantitative estimate of drug-likeness (QED) is 0.776. The van der Waals surface area contributed by atoms with E-state index in [1.54, 1.807) is 0 Å². The molecule has 1 aliphatic carbocycles. The van der Waals surface area contributed by atoms with Crippen LogP contribution in [-0.2, 0) is 0 Å². The van der Waals surface area contributed by atoms with Gasteiger partial charge in [0.05, 0.1) is 6.10 Å². The number of aliphatic hydroxyl groups excluding tert-OH is 1. The minimum absolute atomic E-state index is 0.0270. The number of piperidine rings is 1. The van der Waals surface area contributed by atoms with Crippen molar-refractivity contribution >= 4 is 0 Å². The highest BCUT2D eigenvalue weighted by atomic mass is 16.3. The van der Waals surface area contributed by atoms with Crippen LogP contribution in [0, 0.1) is 11.8 Å². The van der Waals surface area contributed by atoms with Gasteiger partial charge < -0.3 is 10.0 Å². The Morgan fingerprint density at radius 2 is 1.72 bits per heavy atom. The van der Waals surface area contributed by atoms with Crippen LogP contribution in [0.2, 0.25) is 0 Å². The predicted molar refractivity (Wildman–Crippen MR) is 76.7 cm³/mol. The molecule has 1 aliphatic heterocycles. The van der Waals surface area contributed by atoms with E-state index in [0.717, 1.165) is 18.9 Å². The maximum Gasteiger partial charge on any atom is 0.0580 e. The van der Waals surface area contributed by atoms with Gasteiger partial charge in [0.2, 0.25) is 0 Å². The predicted octanol–water partition coefficient (Wildman–Crippen LogP) is 3.44. The van der Waals surface area contributed by atoms with Crippen LogP contribution in [0.1, 0.15) is 64.7 Å².